The molecule has 0 saturated carbocycles. The first-order chi connectivity index (χ1) is 7.69. The summed E-state index contributed by atoms with van der Waals surface area (Å²) in [5, 5.41) is 12.2. The minimum absolute atomic E-state index is 0.0739. The van der Waals surface area contributed by atoms with E-state index in [9.17, 15) is 9.90 Å². The van der Waals surface area contributed by atoms with Gasteiger partial charge in [-0.25, -0.2) is 0 Å². The Labute approximate surface area is 96.3 Å². The van der Waals surface area contributed by atoms with E-state index < -0.39 is 0 Å². The molecular weight excluding hydrogens is 204 g/mol. The second-order valence-corrected chi connectivity index (χ2v) is 3.79. The number of aliphatic hydroxyl groups excluding tert-OH is 1. The zero-order chi connectivity index (χ0) is 12.0. The maximum Gasteiger partial charge on any atom is 0.267 e. The van der Waals surface area contributed by atoms with E-state index in [0.29, 0.717) is 18.7 Å². The van der Waals surface area contributed by atoms with Gasteiger partial charge in [-0.3, -0.25) is 4.79 Å². The molecule has 2 N–H and O–H groups in total. The number of carbonyl (C=O) groups excluding carboxylic acids is 1. The zero-order valence-corrected chi connectivity index (χ0v) is 9.94. The molecule has 4 heteroatoms. The second kappa shape index (κ2) is 6.33. The van der Waals surface area contributed by atoms with Crippen LogP contribution < -0.4 is 5.32 Å². The highest BCUT2D eigenvalue weighted by Crippen LogP contribution is 2.02. The molecule has 1 aromatic heterocycles. The Morgan fingerprint density at radius 3 is 2.94 bits per heavy atom. The average Bonchev–Trinajstić information content (AvgIpc) is 2.76. The van der Waals surface area contributed by atoms with Gasteiger partial charge in [-0.15, -0.1) is 0 Å². The fourth-order valence-electron chi connectivity index (χ4n) is 1.54. The zero-order valence-electron chi connectivity index (χ0n) is 9.94. The van der Waals surface area contributed by atoms with E-state index in [1.807, 2.05) is 30.7 Å². The molecular formula is C12H20N2O2. The van der Waals surface area contributed by atoms with Crippen LogP contribution in [0.25, 0.3) is 0 Å². The third kappa shape index (κ3) is 3.38. The largest absolute Gasteiger partial charge is 0.393 e. The number of aliphatic hydroxyl groups is 1. The van der Waals surface area contributed by atoms with Crippen molar-refractivity contribution in [1.82, 2.24) is 9.88 Å². The van der Waals surface area contributed by atoms with Crippen molar-refractivity contribution in [3.05, 3.63) is 24.0 Å². The number of carbonyl (C=O) groups is 1. The standard InChI is InChI=1S/C12H20N2O2/c1-3-10(15)7-8-13-12(16)11-6-5-9-14(11)4-2/h5-6,9-10,15H,3-4,7-8H2,1-2H3,(H,13,16). The second-order valence-electron chi connectivity index (χ2n) is 3.79. The number of hydrogen-bond donors (Lipinski definition) is 2. The van der Waals surface area contributed by atoms with Crippen LogP contribution in [0.15, 0.2) is 18.3 Å². The highest BCUT2D eigenvalue weighted by atomic mass is 16.3. The van der Waals surface area contributed by atoms with Gasteiger partial charge in [-0.1, -0.05) is 6.92 Å². The summed E-state index contributed by atoms with van der Waals surface area (Å²) in [6.07, 6.45) is 2.89. The summed E-state index contributed by atoms with van der Waals surface area (Å²) >= 11 is 0. The van der Waals surface area contributed by atoms with Crippen molar-refractivity contribution in [2.45, 2.75) is 39.3 Å². The predicted molar refractivity (Wildman–Crippen MR) is 63.4 cm³/mol. The lowest BCUT2D eigenvalue weighted by molar-refractivity contribution is 0.0933. The van der Waals surface area contributed by atoms with Gasteiger partial charge in [0.1, 0.15) is 5.69 Å². The Balaban J connectivity index is 2.41. The Bertz CT molecular complexity index is 334. The van der Waals surface area contributed by atoms with E-state index in [1.54, 1.807) is 6.07 Å². The quantitative estimate of drug-likeness (QED) is 0.767. The highest BCUT2D eigenvalue weighted by Gasteiger charge is 2.09. The van der Waals surface area contributed by atoms with E-state index in [4.69, 9.17) is 0 Å². The van der Waals surface area contributed by atoms with Crippen molar-refractivity contribution in [2.75, 3.05) is 6.54 Å². The van der Waals surface area contributed by atoms with Crippen LogP contribution in [0.2, 0.25) is 0 Å². The fourth-order valence-corrected chi connectivity index (χ4v) is 1.54. The summed E-state index contributed by atoms with van der Waals surface area (Å²) in [5.41, 5.74) is 0.675. The van der Waals surface area contributed by atoms with Crippen LogP contribution in [0.1, 0.15) is 37.2 Å². The van der Waals surface area contributed by atoms with Crippen LogP contribution >= 0.6 is 0 Å². The molecule has 16 heavy (non-hydrogen) atoms. The molecule has 0 spiro atoms. The Morgan fingerprint density at radius 2 is 2.31 bits per heavy atom. The Morgan fingerprint density at radius 1 is 1.56 bits per heavy atom. The Kier molecular flexibility index (Phi) is 5.05. The van der Waals surface area contributed by atoms with Gasteiger partial charge in [-0.2, -0.15) is 0 Å². The average molecular weight is 224 g/mol. The van der Waals surface area contributed by atoms with Crippen molar-refractivity contribution < 1.29 is 9.90 Å². The van der Waals surface area contributed by atoms with Crippen LogP contribution in [0, 0.1) is 0 Å². The lowest BCUT2D eigenvalue weighted by Crippen LogP contribution is -2.28. The van der Waals surface area contributed by atoms with Gasteiger partial charge in [0, 0.05) is 19.3 Å². The first-order valence-electron chi connectivity index (χ1n) is 5.80. The lowest BCUT2D eigenvalue weighted by atomic mass is 10.2. The number of aryl methyl sites for hydroxylation is 1. The van der Waals surface area contributed by atoms with Crippen molar-refractivity contribution in [3.63, 3.8) is 0 Å². The predicted octanol–water partition coefficient (Wildman–Crippen LogP) is 1.40. The van der Waals surface area contributed by atoms with Crippen LogP contribution in [0.4, 0.5) is 0 Å². The molecule has 1 amide bonds. The third-order valence-corrected chi connectivity index (χ3v) is 2.64. The number of amides is 1. The van der Waals surface area contributed by atoms with Crippen LogP contribution in [0.5, 0.6) is 0 Å². The smallest absolute Gasteiger partial charge is 0.267 e. The first kappa shape index (κ1) is 12.8. The summed E-state index contributed by atoms with van der Waals surface area (Å²) < 4.78 is 1.89. The number of hydrogen-bond acceptors (Lipinski definition) is 2. The van der Waals surface area contributed by atoms with E-state index in [2.05, 4.69) is 5.32 Å². The highest BCUT2D eigenvalue weighted by molar-refractivity contribution is 5.92. The van der Waals surface area contributed by atoms with Crippen molar-refractivity contribution in [3.8, 4) is 0 Å². The van der Waals surface area contributed by atoms with Crippen molar-refractivity contribution >= 4 is 5.91 Å². The van der Waals surface area contributed by atoms with Crippen LogP contribution in [-0.2, 0) is 6.54 Å². The van der Waals surface area contributed by atoms with Gasteiger partial charge in [0.15, 0.2) is 0 Å². The van der Waals surface area contributed by atoms with Gasteiger partial charge in [0.25, 0.3) is 5.91 Å². The molecule has 90 valence electrons. The fraction of sp³-hybridized carbons (Fsp3) is 0.583. The molecule has 1 unspecified atom stereocenters. The summed E-state index contributed by atoms with van der Waals surface area (Å²) in [7, 11) is 0. The molecule has 4 nitrogen and oxygen atoms in total. The first-order valence-corrected chi connectivity index (χ1v) is 5.80. The summed E-state index contributed by atoms with van der Waals surface area (Å²) in [5.74, 6) is -0.0739. The number of nitrogens with zero attached hydrogens (tertiary/aromatic N) is 1. The van der Waals surface area contributed by atoms with Gasteiger partial charge < -0.3 is 15.0 Å². The van der Waals surface area contributed by atoms with Gasteiger partial charge in [0.05, 0.1) is 6.10 Å². The van der Waals surface area contributed by atoms with E-state index >= 15 is 0 Å². The van der Waals surface area contributed by atoms with E-state index in [-0.39, 0.29) is 12.0 Å². The van der Waals surface area contributed by atoms with Crippen molar-refractivity contribution in [1.29, 1.82) is 0 Å². The minimum atomic E-state index is -0.321. The topological polar surface area (TPSA) is 54.3 Å². The van der Waals surface area contributed by atoms with Gasteiger partial charge >= 0.3 is 0 Å². The number of aromatic nitrogens is 1. The molecule has 1 heterocycles. The normalized spacial score (nSPS) is 12.4. The van der Waals surface area contributed by atoms with E-state index in [0.717, 1.165) is 13.0 Å². The molecule has 1 rings (SSSR count). The third-order valence-electron chi connectivity index (χ3n) is 2.64. The van der Waals surface area contributed by atoms with E-state index in [1.165, 1.54) is 0 Å². The van der Waals surface area contributed by atoms with Gasteiger partial charge in [-0.05, 0) is 31.9 Å². The maximum atomic E-state index is 11.7. The summed E-state index contributed by atoms with van der Waals surface area (Å²) in [6, 6.07) is 3.66. The molecule has 0 bridgehead atoms. The monoisotopic (exact) mass is 224 g/mol. The SMILES string of the molecule is CCC(O)CCNC(=O)c1cccn1CC. The molecule has 0 saturated heterocycles. The van der Waals surface area contributed by atoms with Crippen molar-refractivity contribution in [2.24, 2.45) is 0 Å². The summed E-state index contributed by atoms with van der Waals surface area (Å²) in [4.78, 5) is 11.7. The number of rotatable bonds is 6. The molecule has 0 fully saturated rings. The molecule has 0 aliphatic rings. The minimum Gasteiger partial charge on any atom is -0.393 e. The molecule has 0 aromatic carbocycles. The number of nitrogens with one attached hydrogen (secondary N) is 1. The Hall–Kier alpha value is -1.29. The molecule has 0 radical (unpaired) electrons. The molecule has 1 aromatic rings. The lowest BCUT2D eigenvalue weighted by Gasteiger charge is -2.10. The molecule has 1 atom stereocenters. The van der Waals surface area contributed by atoms with Crippen LogP contribution in [0.3, 0.4) is 0 Å². The van der Waals surface area contributed by atoms with Crippen LogP contribution in [-0.4, -0.2) is 28.2 Å². The molecule has 0 aliphatic carbocycles. The molecule has 0 aliphatic heterocycles. The maximum absolute atomic E-state index is 11.7. The van der Waals surface area contributed by atoms with Gasteiger partial charge in [0.2, 0.25) is 0 Å². The summed E-state index contributed by atoms with van der Waals surface area (Å²) in [6.45, 7) is 5.22.